The quantitative estimate of drug-likeness (QED) is 0.835. The van der Waals surface area contributed by atoms with Crippen LogP contribution in [0, 0.1) is 11.3 Å². The zero-order chi connectivity index (χ0) is 10.6. The number of hydrogen-bond donors (Lipinski definition) is 1. The van der Waals surface area contributed by atoms with Crippen molar-refractivity contribution in [2.45, 2.75) is 6.42 Å². The van der Waals surface area contributed by atoms with Crippen molar-refractivity contribution in [3.8, 4) is 6.07 Å². The monoisotopic (exact) mass is 249 g/mol. The molecule has 0 aliphatic rings. The van der Waals surface area contributed by atoms with Crippen LogP contribution in [0.1, 0.15) is 16.1 Å². The Morgan fingerprint density at radius 3 is 2.86 bits per heavy atom. The average Bonchev–Trinajstić information content (AvgIpc) is 2.48. The van der Waals surface area contributed by atoms with E-state index in [1.165, 1.54) is 0 Å². The molecule has 1 heterocycles. The molecule has 0 saturated heterocycles. The van der Waals surface area contributed by atoms with Gasteiger partial charge in [0.05, 0.1) is 12.5 Å². The average molecular weight is 250 g/mol. The first-order chi connectivity index (χ1) is 6.66. The maximum Gasteiger partial charge on any atom is 0.264 e. The first kappa shape index (κ1) is 11.2. The van der Waals surface area contributed by atoms with E-state index >= 15 is 0 Å². The molecule has 1 rings (SSSR count). The van der Waals surface area contributed by atoms with Crippen molar-refractivity contribution in [2.24, 2.45) is 0 Å². The third-order valence-electron chi connectivity index (χ3n) is 1.33. The lowest BCUT2D eigenvalue weighted by Gasteiger charge is -1.98. The van der Waals surface area contributed by atoms with E-state index in [0.717, 1.165) is 11.5 Å². The van der Waals surface area contributed by atoms with Gasteiger partial charge in [0.1, 0.15) is 9.90 Å². The van der Waals surface area contributed by atoms with Gasteiger partial charge in [0.15, 0.2) is 5.15 Å². The third-order valence-corrected chi connectivity index (χ3v) is 3.12. The van der Waals surface area contributed by atoms with Crippen molar-refractivity contribution in [2.75, 3.05) is 6.54 Å². The van der Waals surface area contributed by atoms with Crippen LogP contribution >= 0.6 is 34.7 Å². The number of rotatable bonds is 3. The Hall–Kier alpha value is -0.830. The van der Waals surface area contributed by atoms with E-state index in [1.807, 2.05) is 6.07 Å². The molecular weight excluding hydrogens is 245 g/mol. The molecular formula is C7H5Cl2N3OS. The summed E-state index contributed by atoms with van der Waals surface area (Å²) in [7, 11) is 0. The fourth-order valence-corrected chi connectivity index (χ4v) is 1.84. The lowest BCUT2D eigenvalue weighted by molar-refractivity contribution is 0.0958. The second-order valence-electron chi connectivity index (χ2n) is 2.28. The van der Waals surface area contributed by atoms with Crippen LogP contribution in [-0.4, -0.2) is 16.8 Å². The largest absolute Gasteiger partial charge is 0.350 e. The maximum atomic E-state index is 11.4. The maximum absolute atomic E-state index is 11.4. The summed E-state index contributed by atoms with van der Waals surface area (Å²) in [6, 6.07) is 1.91. The lowest BCUT2D eigenvalue weighted by Crippen LogP contribution is -2.23. The topological polar surface area (TPSA) is 65.8 Å². The van der Waals surface area contributed by atoms with E-state index in [1.54, 1.807) is 0 Å². The zero-order valence-electron chi connectivity index (χ0n) is 6.88. The summed E-state index contributed by atoms with van der Waals surface area (Å²) < 4.78 is 3.71. The van der Waals surface area contributed by atoms with Gasteiger partial charge >= 0.3 is 0 Å². The first-order valence-electron chi connectivity index (χ1n) is 3.62. The highest BCUT2D eigenvalue weighted by Crippen LogP contribution is 2.28. The highest BCUT2D eigenvalue weighted by molar-refractivity contribution is 7.09. The molecule has 1 N–H and O–H groups in total. The van der Waals surface area contributed by atoms with Gasteiger partial charge in [-0.2, -0.15) is 9.64 Å². The van der Waals surface area contributed by atoms with Crippen molar-refractivity contribution in [3.05, 3.63) is 15.1 Å². The SMILES string of the molecule is N#CCCNC(=O)c1snc(Cl)c1Cl. The van der Waals surface area contributed by atoms with Crippen molar-refractivity contribution in [1.82, 2.24) is 9.69 Å². The number of aromatic nitrogens is 1. The molecule has 4 nitrogen and oxygen atoms in total. The number of nitrogens with one attached hydrogen (secondary N) is 1. The summed E-state index contributed by atoms with van der Waals surface area (Å²) in [4.78, 5) is 11.6. The minimum absolute atomic E-state index is 0.127. The van der Waals surface area contributed by atoms with E-state index in [4.69, 9.17) is 28.5 Å². The van der Waals surface area contributed by atoms with E-state index in [0.29, 0.717) is 6.54 Å². The second kappa shape index (κ2) is 5.15. The van der Waals surface area contributed by atoms with Crippen LogP contribution in [-0.2, 0) is 0 Å². The highest BCUT2D eigenvalue weighted by atomic mass is 35.5. The predicted octanol–water partition coefficient (Wildman–Crippen LogP) is 2.09. The van der Waals surface area contributed by atoms with Crippen LogP contribution in [0.15, 0.2) is 0 Å². The molecule has 0 spiro atoms. The molecule has 1 aromatic rings. The number of nitrogens with zero attached hydrogens (tertiary/aromatic N) is 2. The van der Waals surface area contributed by atoms with Gasteiger partial charge < -0.3 is 5.32 Å². The molecule has 0 aromatic carbocycles. The molecule has 1 aromatic heterocycles. The second-order valence-corrected chi connectivity index (χ2v) is 3.79. The molecule has 0 fully saturated rings. The van der Waals surface area contributed by atoms with Crippen LogP contribution in [0.4, 0.5) is 0 Å². The third kappa shape index (κ3) is 2.58. The molecule has 0 unspecified atom stereocenters. The van der Waals surface area contributed by atoms with Gasteiger partial charge in [-0.25, -0.2) is 0 Å². The standard InChI is InChI=1S/C7H5Cl2N3OS/c8-4-5(14-12-6(4)9)7(13)11-3-1-2-10/h1,3H2,(H,11,13). The van der Waals surface area contributed by atoms with Gasteiger partial charge in [-0.15, -0.1) is 0 Å². The van der Waals surface area contributed by atoms with Gasteiger partial charge in [-0.3, -0.25) is 4.79 Å². The van der Waals surface area contributed by atoms with Crippen LogP contribution in [0.5, 0.6) is 0 Å². The Kier molecular flexibility index (Phi) is 4.14. The normalized spacial score (nSPS) is 9.50. The zero-order valence-corrected chi connectivity index (χ0v) is 9.21. The summed E-state index contributed by atoms with van der Waals surface area (Å²) in [5.41, 5.74) is 0. The number of nitriles is 1. The van der Waals surface area contributed by atoms with Crippen LogP contribution in [0.2, 0.25) is 10.2 Å². The van der Waals surface area contributed by atoms with E-state index in [2.05, 4.69) is 9.69 Å². The van der Waals surface area contributed by atoms with E-state index in [9.17, 15) is 4.79 Å². The molecule has 74 valence electrons. The fraction of sp³-hybridized carbons (Fsp3) is 0.286. The number of carbonyl (C=O) groups excluding carboxylic acids is 1. The van der Waals surface area contributed by atoms with Crippen molar-refractivity contribution in [1.29, 1.82) is 5.26 Å². The molecule has 1 amide bonds. The Morgan fingerprint density at radius 1 is 1.64 bits per heavy atom. The van der Waals surface area contributed by atoms with Crippen molar-refractivity contribution < 1.29 is 4.79 Å². The van der Waals surface area contributed by atoms with Gasteiger partial charge in [0.2, 0.25) is 0 Å². The Labute approximate surface area is 94.6 Å². The Bertz CT molecular complexity index is 385. The van der Waals surface area contributed by atoms with E-state index in [-0.39, 0.29) is 27.4 Å². The molecule has 0 atom stereocenters. The lowest BCUT2D eigenvalue weighted by atomic mass is 10.4. The molecule has 0 aliphatic heterocycles. The molecule has 0 radical (unpaired) electrons. The van der Waals surface area contributed by atoms with Crippen LogP contribution < -0.4 is 5.32 Å². The summed E-state index contributed by atoms with van der Waals surface area (Å²) in [6.07, 6.45) is 0.260. The minimum atomic E-state index is -0.352. The molecule has 0 bridgehead atoms. The number of hydrogen-bond acceptors (Lipinski definition) is 4. The Morgan fingerprint density at radius 2 is 2.36 bits per heavy atom. The first-order valence-corrected chi connectivity index (χ1v) is 5.15. The highest BCUT2D eigenvalue weighted by Gasteiger charge is 2.16. The molecule has 14 heavy (non-hydrogen) atoms. The van der Waals surface area contributed by atoms with Gasteiger partial charge in [0, 0.05) is 6.54 Å². The molecule has 0 aliphatic carbocycles. The molecule has 7 heteroatoms. The number of carbonyl (C=O) groups is 1. The van der Waals surface area contributed by atoms with Crippen molar-refractivity contribution in [3.63, 3.8) is 0 Å². The summed E-state index contributed by atoms with van der Waals surface area (Å²) in [6.45, 7) is 0.293. The van der Waals surface area contributed by atoms with Gasteiger partial charge in [-0.05, 0) is 11.5 Å². The predicted molar refractivity (Wildman–Crippen MR) is 54.7 cm³/mol. The summed E-state index contributed by atoms with van der Waals surface area (Å²) in [5, 5.41) is 11.1. The fourth-order valence-electron chi connectivity index (χ4n) is 0.713. The van der Waals surface area contributed by atoms with Gasteiger partial charge in [0.25, 0.3) is 5.91 Å². The van der Waals surface area contributed by atoms with Crippen LogP contribution in [0.25, 0.3) is 0 Å². The molecule has 0 saturated carbocycles. The smallest absolute Gasteiger partial charge is 0.264 e. The van der Waals surface area contributed by atoms with Gasteiger partial charge in [-0.1, -0.05) is 23.2 Å². The van der Waals surface area contributed by atoms with E-state index < -0.39 is 0 Å². The van der Waals surface area contributed by atoms with Crippen LogP contribution in [0.3, 0.4) is 0 Å². The Balaban J connectivity index is 2.62. The summed E-state index contributed by atoms with van der Waals surface area (Å²) >= 11 is 12.2. The van der Waals surface area contributed by atoms with Crippen molar-refractivity contribution >= 4 is 40.6 Å². The number of halogens is 2. The number of amides is 1. The summed E-state index contributed by atoms with van der Waals surface area (Å²) in [5.74, 6) is -0.352. The minimum Gasteiger partial charge on any atom is -0.350 e.